The molecule has 1 aromatic heterocycles. The van der Waals surface area contributed by atoms with Gasteiger partial charge in [-0.2, -0.15) is 0 Å². The van der Waals surface area contributed by atoms with Crippen molar-refractivity contribution in [3.8, 4) is 17.2 Å². The number of hydrogen-bond acceptors (Lipinski definition) is 6. The first-order valence-corrected chi connectivity index (χ1v) is 12.1. The van der Waals surface area contributed by atoms with Gasteiger partial charge >= 0.3 is 17.3 Å². The Morgan fingerprint density at radius 3 is 2.32 bits per heavy atom. The van der Waals surface area contributed by atoms with Gasteiger partial charge in [0, 0.05) is 17.2 Å². The molecule has 1 atom stereocenters. The molecule has 2 aliphatic heterocycles. The second kappa shape index (κ2) is 8.19. The van der Waals surface area contributed by atoms with Gasteiger partial charge in [0.2, 0.25) is 0 Å². The summed E-state index contributed by atoms with van der Waals surface area (Å²) in [5, 5.41) is 0. The number of rotatable bonds is 3. The second-order valence-corrected chi connectivity index (χ2v) is 10.9. The van der Waals surface area contributed by atoms with Gasteiger partial charge in [-0.3, -0.25) is 9.59 Å². The van der Waals surface area contributed by atoms with E-state index in [1.165, 1.54) is 16.3 Å². The highest BCUT2D eigenvalue weighted by Gasteiger charge is 2.44. The Labute approximate surface area is 213 Å². The molecule has 5 rings (SSSR count). The molecular formula is C28H29N3O6. The van der Waals surface area contributed by atoms with Crippen LogP contribution in [0.1, 0.15) is 63.5 Å². The highest BCUT2D eigenvalue weighted by atomic mass is 16.5. The van der Waals surface area contributed by atoms with Crippen LogP contribution in [0.3, 0.4) is 0 Å². The Morgan fingerprint density at radius 1 is 1.03 bits per heavy atom. The van der Waals surface area contributed by atoms with Crippen LogP contribution >= 0.6 is 0 Å². The van der Waals surface area contributed by atoms with Crippen molar-refractivity contribution in [1.29, 1.82) is 0 Å². The number of Topliss-reactive ketones (excluding diaryl/α,β-unsaturated/α-hetero) is 1. The largest absolute Gasteiger partial charge is 0.483 e. The maximum atomic E-state index is 13.8. The number of aromatic nitrogens is 3. The van der Waals surface area contributed by atoms with Gasteiger partial charge in [-0.25, -0.2) is 23.5 Å². The number of ether oxygens (including phenoxy) is 2. The normalized spacial score (nSPS) is 17.6. The molecule has 37 heavy (non-hydrogen) atoms. The van der Waals surface area contributed by atoms with E-state index in [1.54, 1.807) is 63.2 Å². The van der Waals surface area contributed by atoms with Crippen LogP contribution in [0.25, 0.3) is 5.69 Å². The summed E-state index contributed by atoms with van der Waals surface area (Å²) in [6, 6.07) is 10.9. The number of hydrogen-bond donors (Lipinski definition) is 0. The highest BCUT2D eigenvalue weighted by Crippen LogP contribution is 2.47. The van der Waals surface area contributed by atoms with Gasteiger partial charge in [-0.1, -0.05) is 6.08 Å². The average molecular weight is 504 g/mol. The molecule has 192 valence electrons. The zero-order valence-electron chi connectivity index (χ0n) is 21.7. The smallest absolute Gasteiger partial charge is 0.352 e. The number of carbonyl (C=O) groups is 2. The number of ketones is 1. The molecule has 0 radical (unpaired) electrons. The van der Waals surface area contributed by atoms with Gasteiger partial charge in [0.05, 0.1) is 17.6 Å². The quantitative estimate of drug-likeness (QED) is 0.234. The summed E-state index contributed by atoms with van der Waals surface area (Å²) in [6.45, 7) is 10.8. The molecule has 9 heteroatoms. The zero-order valence-corrected chi connectivity index (χ0v) is 21.7. The number of benzene rings is 2. The minimum Gasteiger partial charge on any atom is -0.483 e. The molecule has 1 unspecified atom stereocenters. The molecule has 0 saturated carbocycles. The van der Waals surface area contributed by atoms with Gasteiger partial charge in [0.25, 0.3) is 0 Å². The second-order valence-electron chi connectivity index (χ2n) is 10.9. The number of allylic oxidation sites excluding steroid dienone is 1. The molecule has 2 aromatic carbocycles. The molecule has 0 bridgehead atoms. The lowest BCUT2D eigenvalue weighted by molar-refractivity contribution is -0.143. The third-order valence-corrected chi connectivity index (χ3v) is 6.78. The van der Waals surface area contributed by atoms with Crippen LogP contribution in [0, 0.1) is 5.41 Å². The first-order chi connectivity index (χ1) is 17.3. The van der Waals surface area contributed by atoms with E-state index in [-0.39, 0.29) is 18.3 Å². The van der Waals surface area contributed by atoms with Crippen molar-refractivity contribution in [2.75, 3.05) is 0 Å². The summed E-state index contributed by atoms with van der Waals surface area (Å²) in [7, 11) is 0. The monoisotopic (exact) mass is 503 g/mol. The van der Waals surface area contributed by atoms with E-state index >= 15 is 0 Å². The van der Waals surface area contributed by atoms with Crippen LogP contribution in [0.4, 0.5) is 0 Å². The van der Waals surface area contributed by atoms with Crippen LogP contribution < -0.4 is 20.9 Å². The molecule has 2 aliphatic rings. The van der Waals surface area contributed by atoms with Crippen molar-refractivity contribution in [1.82, 2.24) is 13.9 Å². The minimum absolute atomic E-state index is 0.103. The van der Waals surface area contributed by atoms with Crippen molar-refractivity contribution in [3.63, 3.8) is 0 Å². The van der Waals surface area contributed by atoms with Gasteiger partial charge in [0.1, 0.15) is 23.1 Å². The summed E-state index contributed by atoms with van der Waals surface area (Å²) < 4.78 is 15.9. The van der Waals surface area contributed by atoms with Gasteiger partial charge < -0.3 is 9.47 Å². The van der Waals surface area contributed by atoms with Crippen molar-refractivity contribution in [3.05, 3.63) is 86.2 Å². The van der Waals surface area contributed by atoms with Crippen LogP contribution in [0.2, 0.25) is 0 Å². The fraction of sp³-hybridized carbons (Fsp3) is 0.357. The minimum atomic E-state index is -0.781. The third-order valence-electron chi connectivity index (χ3n) is 6.78. The van der Waals surface area contributed by atoms with Crippen molar-refractivity contribution in [2.24, 2.45) is 5.41 Å². The SMILES string of the molecule is CC(=O)c1ccc(-n2c(=O)n3n(c2=O)C2C(=CC3)C(C)(C)Oc3cc(OC(=O)C(C)(C)C)ccc32)cc1. The fourth-order valence-corrected chi connectivity index (χ4v) is 4.77. The lowest BCUT2D eigenvalue weighted by Crippen LogP contribution is -2.46. The molecule has 0 saturated heterocycles. The van der Waals surface area contributed by atoms with Crippen LogP contribution in [0.15, 0.2) is 63.7 Å². The maximum absolute atomic E-state index is 13.8. The van der Waals surface area contributed by atoms with Gasteiger partial charge in [0.15, 0.2) is 5.78 Å². The summed E-state index contributed by atoms with van der Waals surface area (Å²) in [5.41, 5.74) is -0.0210. The Bertz CT molecular complexity index is 1590. The standard InChI is InChI=1S/C28H29N3O6/c1-16(32)17-7-9-18(10-8-17)30-25(34)29-14-13-21-23(31(29)26(30)35)20-12-11-19(36-24(33)27(2,3)4)15-22(20)37-28(21,5)6/h7-13,15,23H,14H2,1-6H3. The summed E-state index contributed by atoms with van der Waals surface area (Å²) in [6.07, 6.45) is 1.92. The average Bonchev–Trinajstić information content (AvgIpc) is 3.08. The third kappa shape index (κ3) is 3.94. The van der Waals surface area contributed by atoms with Crippen molar-refractivity contribution >= 4 is 11.8 Å². The van der Waals surface area contributed by atoms with E-state index in [2.05, 4.69) is 0 Å². The van der Waals surface area contributed by atoms with E-state index < -0.39 is 28.4 Å². The fourth-order valence-electron chi connectivity index (χ4n) is 4.77. The highest BCUT2D eigenvalue weighted by molar-refractivity contribution is 5.94. The molecule has 0 spiro atoms. The molecule has 0 aliphatic carbocycles. The van der Waals surface area contributed by atoms with E-state index in [9.17, 15) is 19.2 Å². The van der Waals surface area contributed by atoms with E-state index in [4.69, 9.17) is 9.47 Å². The summed E-state index contributed by atoms with van der Waals surface area (Å²) >= 11 is 0. The molecule has 3 aromatic rings. The zero-order chi connectivity index (χ0) is 26.9. The topological polar surface area (TPSA) is 102 Å². The van der Waals surface area contributed by atoms with Crippen LogP contribution in [-0.2, 0) is 11.3 Å². The Balaban J connectivity index is 1.64. The lowest BCUT2D eigenvalue weighted by atomic mass is 9.83. The predicted octanol–water partition coefficient (Wildman–Crippen LogP) is 3.66. The van der Waals surface area contributed by atoms with E-state index in [1.807, 2.05) is 19.9 Å². The molecular weight excluding hydrogens is 474 g/mol. The summed E-state index contributed by atoms with van der Waals surface area (Å²) in [4.78, 5) is 51.2. The van der Waals surface area contributed by atoms with Crippen LogP contribution in [0.5, 0.6) is 11.5 Å². The number of esters is 1. The van der Waals surface area contributed by atoms with E-state index in [0.717, 1.165) is 10.1 Å². The molecule has 0 N–H and O–H groups in total. The molecule has 0 amide bonds. The van der Waals surface area contributed by atoms with Gasteiger partial charge in [-0.05, 0) is 83.5 Å². The first kappa shape index (κ1) is 24.5. The Hall–Kier alpha value is -4.14. The van der Waals surface area contributed by atoms with Crippen molar-refractivity contribution < 1.29 is 19.1 Å². The van der Waals surface area contributed by atoms with Crippen molar-refractivity contribution in [2.45, 2.75) is 59.7 Å². The Morgan fingerprint density at radius 2 is 1.70 bits per heavy atom. The molecule has 0 fully saturated rings. The number of fused-ring (bicyclic) bond motifs is 5. The first-order valence-electron chi connectivity index (χ1n) is 12.1. The van der Waals surface area contributed by atoms with Gasteiger partial charge in [-0.15, -0.1) is 0 Å². The molecule has 3 heterocycles. The Kier molecular flexibility index (Phi) is 5.44. The lowest BCUT2D eigenvalue weighted by Gasteiger charge is -2.42. The van der Waals surface area contributed by atoms with E-state index in [0.29, 0.717) is 28.3 Å². The number of nitrogens with zero attached hydrogens (tertiary/aromatic N) is 3. The predicted molar refractivity (Wildman–Crippen MR) is 137 cm³/mol. The van der Waals surface area contributed by atoms with Crippen LogP contribution in [-0.4, -0.2) is 31.3 Å². The molecule has 9 nitrogen and oxygen atoms in total. The number of carbonyl (C=O) groups excluding carboxylic acids is 2. The maximum Gasteiger partial charge on any atom is 0.352 e. The summed E-state index contributed by atoms with van der Waals surface area (Å²) in [5.74, 6) is 0.330.